The minimum atomic E-state index is 0.118. The number of rotatable bonds is 5. The summed E-state index contributed by atoms with van der Waals surface area (Å²) in [5, 5.41) is 6.61. The molecule has 2 aliphatic rings. The summed E-state index contributed by atoms with van der Waals surface area (Å²) in [6.45, 7) is 7.36. The predicted molar refractivity (Wildman–Crippen MR) is 98.0 cm³/mol. The van der Waals surface area contributed by atoms with Gasteiger partial charge in [0, 0.05) is 32.2 Å². The highest BCUT2D eigenvalue weighted by Gasteiger charge is 2.49. The van der Waals surface area contributed by atoms with E-state index in [0.29, 0.717) is 30.0 Å². The van der Waals surface area contributed by atoms with Gasteiger partial charge in [0.15, 0.2) is 0 Å². The average molecular weight is 329 g/mol. The van der Waals surface area contributed by atoms with Crippen LogP contribution in [0, 0.1) is 5.41 Å². The lowest BCUT2D eigenvalue weighted by Gasteiger charge is -2.54. The van der Waals surface area contributed by atoms with Crippen LogP contribution < -0.4 is 10.6 Å². The molecule has 2 fully saturated rings. The number of carbonyl (C=O) groups is 1. The molecule has 1 amide bonds. The molecule has 4 heteroatoms. The van der Waals surface area contributed by atoms with E-state index >= 15 is 0 Å². The van der Waals surface area contributed by atoms with Gasteiger partial charge in [0.2, 0.25) is 5.91 Å². The number of likely N-dealkylation sites (tertiary alicyclic amines) is 1. The lowest BCUT2D eigenvalue weighted by Crippen LogP contribution is -2.59. The molecule has 132 valence electrons. The maximum atomic E-state index is 11.5. The molecule has 1 aliphatic carbocycles. The average Bonchev–Trinajstić information content (AvgIpc) is 2.60. The van der Waals surface area contributed by atoms with E-state index in [9.17, 15) is 4.79 Å². The Morgan fingerprint density at radius 3 is 2.46 bits per heavy atom. The third kappa shape index (κ3) is 3.65. The fourth-order valence-corrected chi connectivity index (χ4v) is 4.28. The number of nitrogens with zero attached hydrogens (tertiary/aromatic N) is 1. The van der Waals surface area contributed by atoms with Gasteiger partial charge in [-0.2, -0.15) is 0 Å². The van der Waals surface area contributed by atoms with Crippen LogP contribution >= 0.6 is 0 Å². The van der Waals surface area contributed by atoms with Gasteiger partial charge in [-0.15, -0.1) is 0 Å². The number of hydrogen-bond acceptors (Lipinski definition) is 3. The molecule has 24 heavy (non-hydrogen) atoms. The minimum Gasteiger partial charge on any atom is -0.358 e. The molecule has 0 bridgehead atoms. The summed E-state index contributed by atoms with van der Waals surface area (Å²) in [6.07, 6.45) is 3.51. The zero-order valence-corrected chi connectivity index (χ0v) is 15.2. The Balaban J connectivity index is 1.48. The van der Waals surface area contributed by atoms with Gasteiger partial charge in [-0.1, -0.05) is 44.2 Å². The van der Waals surface area contributed by atoms with E-state index < -0.39 is 0 Å². The third-order valence-electron chi connectivity index (χ3n) is 6.14. The number of carbonyl (C=O) groups excluding carboxylic acids is 1. The van der Waals surface area contributed by atoms with Crippen molar-refractivity contribution in [3.05, 3.63) is 35.9 Å². The zero-order chi connectivity index (χ0) is 17.2. The van der Waals surface area contributed by atoms with Gasteiger partial charge in [-0.3, -0.25) is 9.69 Å². The van der Waals surface area contributed by atoms with E-state index in [2.05, 4.69) is 59.7 Å². The normalized spacial score (nSPS) is 27.5. The molecule has 2 N–H and O–H groups in total. The van der Waals surface area contributed by atoms with Gasteiger partial charge >= 0.3 is 0 Å². The summed E-state index contributed by atoms with van der Waals surface area (Å²) >= 11 is 0. The van der Waals surface area contributed by atoms with Crippen LogP contribution in [-0.4, -0.2) is 49.6 Å². The Morgan fingerprint density at radius 1 is 1.21 bits per heavy atom. The molecule has 0 spiro atoms. The highest BCUT2D eigenvalue weighted by Crippen LogP contribution is 2.52. The largest absolute Gasteiger partial charge is 0.358 e. The Labute approximate surface area is 146 Å². The van der Waals surface area contributed by atoms with Crippen LogP contribution in [0.1, 0.15) is 44.6 Å². The molecule has 2 atom stereocenters. The first-order chi connectivity index (χ1) is 11.5. The number of piperidine rings is 1. The molecule has 3 rings (SSSR count). The van der Waals surface area contributed by atoms with Gasteiger partial charge < -0.3 is 10.6 Å². The summed E-state index contributed by atoms with van der Waals surface area (Å²) in [6, 6.07) is 12.1. The second-order valence-corrected chi connectivity index (χ2v) is 7.96. The van der Waals surface area contributed by atoms with Crippen LogP contribution in [0.4, 0.5) is 0 Å². The van der Waals surface area contributed by atoms with Gasteiger partial charge in [-0.05, 0) is 36.2 Å². The van der Waals surface area contributed by atoms with Crippen molar-refractivity contribution in [2.24, 2.45) is 5.41 Å². The maximum absolute atomic E-state index is 11.5. The molecule has 1 aliphatic heterocycles. The van der Waals surface area contributed by atoms with Crippen molar-refractivity contribution in [3.63, 3.8) is 0 Å². The summed E-state index contributed by atoms with van der Waals surface area (Å²) in [5.41, 5.74) is 1.78. The molecule has 1 aromatic carbocycles. The number of nitrogens with one attached hydrogen (secondary N) is 2. The first kappa shape index (κ1) is 17.4. The third-order valence-corrected chi connectivity index (χ3v) is 6.14. The van der Waals surface area contributed by atoms with Gasteiger partial charge in [0.1, 0.15) is 0 Å². The number of hydrogen-bond donors (Lipinski definition) is 2. The molecule has 1 saturated heterocycles. The first-order valence-electron chi connectivity index (χ1n) is 9.24. The number of benzene rings is 1. The van der Waals surface area contributed by atoms with E-state index in [1.165, 1.54) is 12.0 Å². The topological polar surface area (TPSA) is 44.4 Å². The van der Waals surface area contributed by atoms with Crippen molar-refractivity contribution < 1.29 is 4.79 Å². The molecular weight excluding hydrogens is 298 g/mol. The lowest BCUT2D eigenvalue weighted by molar-refractivity contribution is -0.122. The van der Waals surface area contributed by atoms with Crippen molar-refractivity contribution in [1.82, 2.24) is 15.5 Å². The molecule has 0 radical (unpaired) electrons. The summed E-state index contributed by atoms with van der Waals surface area (Å²) in [4.78, 5) is 13.7. The Kier molecular flexibility index (Phi) is 5.26. The van der Waals surface area contributed by atoms with Crippen LogP contribution in [0.3, 0.4) is 0 Å². The fourth-order valence-electron chi connectivity index (χ4n) is 4.28. The summed E-state index contributed by atoms with van der Waals surface area (Å²) < 4.78 is 0. The van der Waals surface area contributed by atoms with E-state index in [1.807, 2.05) is 0 Å². The Bertz CT molecular complexity index is 549. The summed E-state index contributed by atoms with van der Waals surface area (Å²) in [7, 11) is 1.71. The quantitative estimate of drug-likeness (QED) is 0.872. The van der Waals surface area contributed by atoms with Crippen molar-refractivity contribution in [3.8, 4) is 0 Å². The van der Waals surface area contributed by atoms with Gasteiger partial charge in [0.05, 0.1) is 6.54 Å². The van der Waals surface area contributed by atoms with Gasteiger partial charge in [-0.25, -0.2) is 0 Å². The maximum Gasteiger partial charge on any atom is 0.233 e. The van der Waals surface area contributed by atoms with Gasteiger partial charge in [0.25, 0.3) is 0 Å². The highest BCUT2D eigenvalue weighted by molar-refractivity contribution is 5.77. The van der Waals surface area contributed by atoms with E-state index in [1.54, 1.807) is 7.05 Å². The molecule has 4 nitrogen and oxygen atoms in total. The minimum absolute atomic E-state index is 0.118. The molecule has 1 aromatic rings. The second kappa shape index (κ2) is 7.24. The highest BCUT2D eigenvalue weighted by atomic mass is 16.1. The second-order valence-electron chi connectivity index (χ2n) is 7.96. The molecule has 1 heterocycles. The lowest BCUT2D eigenvalue weighted by atomic mass is 9.56. The Hall–Kier alpha value is -1.39. The number of likely N-dealkylation sites (N-methyl/N-ethyl adjacent to an activating group) is 1. The molecule has 0 unspecified atom stereocenters. The molecular formula is C20H31N3O. The standard InChI is InChI=1S/C20H31N3O/c1-20(2)17(15-7-5-4-6-8-15)13-18(20)22-16-9-11-23(12-10-16)14-19(24)21-3/h4-8,16-18,22H,9-14H2,1-3H3,(H,21,24)/t17-,18-/m1/s1. The van der Waals surface area contributed by atoms with Crippen LogP contribution in [0.15, 0.2) is 30.3 Å². The van der Waals surface area contributed by atoms with Crippen LogP contribution in [0.25, 0.3) is 0 Å². The van der Waals surface area contributed by atoms with Crippen molar-refractivity contribution in [2.45, 2.75) is 51.1 Å². The van der Waals surface area contributed by atoms with Crippen molar-refractivity contribution in [2.75, 3.05) is 26.7 Å². The predicted octanol–water partition coefficient (Wildman–Crippen LogP) is 2.37. The monoisotopic (exact) mass is 329 g/mol. The SMILES string of the molecule is CNC(=O)CN1CCC(N[C@@H]2C[C@H](c3ccccc3)C2(C)C)CC1. The van der Waals surface area contributed by atoms with E-state index in [0.717, 1.165) is 25.9 Å². The zero-order valence-electron chi connectivity index (χ0n) is 15.2. The van der Waals surface area contributed by atoms with Crippen molar-refractivity contribution >= 4 is 5.91 Å². The fraction of sp³-hybridized carbons (Fsp3) is 0.650. The van der Waals surface area contributed by atoms with Crippen LogP contribution in [0.2, 0.25) is 0 Å². The van der Waals surface area contributed by atoms with Crippen molar-refractivity contribution in [1.29, 1.82) is 0 Å². The Morgan fingerprint density at radius 2 is 1.88 bits per heavy atom. The molecule has 1 saturated carbocycles. The van der Waals surface area contributed by atoms with Crippen LogP contribution in [0.5, 0.6) is 0 Å². The molecule has 0 aromatic heterocycles. The summed E-state index contributed by atoms with van der Waals surface area (Å²) in [5.74, 6) is 0.775. The number of amides is 1. The smallest absolute Gasteiger partial charge is 0.233 e. The van der Waals surface area contributed by atoms with E-state index in [4.69, 9.17) is 0 Å². The first-order valence-corrected chi connectivity index (χ1v) is 9.24. The van der Waals surface area contributed by atoms with Crippen LogP contribution in [-0.2, 0) is 4.79 Å². The van der Waals surface area contributed by atoms with E-state index in [-0.39, 0.29) is 5.91 Å².